The molecule has 1 aromatic heterocycles. The molecular formula is C27H34N2O. The van der Waals surface area contributed by atoms with Crippen molar-refractivity contribution in [1.82, 2.24) is 9.88 Å². The zero-order valence-electron chi connectivity index (χ0n) is 18.7. The van der Waals surface area contributed by atoms with E-state index < -0.39 is 0 Å². The largest absolute Gasteiger partial charge is 0.339 e. The molecule has 0 bridgehead atoms. The first-order valence-electron chi connectivity index (χ1n) is 11.4. The van der Waals surface area contributed by atoms with Gasteiger partial charge >= 0.3 is 0 Å². The van der Waals surface area contributed by atoms with Crippen LogP contribution in [0.25, 0.3) is 22.2 Å². The first kappa shape index (κ1) is 22.0. The van der Waals surface area contributed by atoms with Gasteiger partial charge in [-0.15, -0.1) is 0 Å². The van der Waals surface area contributed by atoms with Crippen LogP contribution in [0.4, 0.5) is 0 Å². The first-order valence-corrected chi connectivity index (χ1v) is 11.4. The third kappa shape index (κ3) is 5.47. The molecule has 2 aromatic carbocycles. The van der Waals surface area contributed by atoms with Crippen LogP contribution in [0.1, 0.15) is 68.3 Å². The molecule has 0 saturated heterocycles. The molecule has 0 fully saturated rings. The Morgan fingerprint density at radius 3 is 2.23 bits per heavy atom. The summed E-state index contributed by atoms with van der Waals surface area (Å²) in [5, 5.41) is 0.940. The van der Waals surface area contributed by atoms with Gasteiger partial charge in [-0.1, -0.05) is 81.5 Å². The van der Waals surface area contributed by atoms with E-state index in [9.17, 15) is 4.79 Å². The molecule has 3 heteroatoms. The van der Waals surface area contributed by atoms with Crippen molar-refractivity contribution >= 4 is 16.8 Å². The summed E-state index contributed by atoms with van der Waals surface area (Å²) in [6, 6.07) is 18.3. The number of para-hydroxylation sites is 1. The molecule has 158 valence electrons. The average Bonchev–Trinajstić information content (AvgIpc) is 2.77. The van der Waals surface area contributed by atoms with Gasteiger partial charge in [0.2, 0.25) is 0 Å². The topological polar surface area (TPSA) is 33.2 Å². The van der Waals surface area contributed by atoms with E-state index in [0.717, 1.165) is 79.3 Å². The van der Waals surface area contributed by atoms with Crippen molar-refractivity contribution in [3.63, 3.8) is 0 Å². The second-order valence-corrected chi connectivity index (χ2v) is 8.15. The Labute approximate surface area is 181 Å². The van der Waals surface area contributed by atoms with Crippen molar-refractivity contribution in [2.24, 2.45) is 0 Å². The van der Waals surface area contributed by atoms with Crippen molar-refractivity contribution in [1.29, 1.82) is 0 Å². The Morgan fingerprint density at radius 2 is 1.57 bits per heavy atom. The molecule has 1 amide bonds. The molecule has 3 aromatic rings. The number of aryl methyl sites for hydroxylation is 1. The van der Waals surface area contributed by atoms with Crippen LogP contribution in [-0.2, 0) is 0 Å². The van der Waals surface area contributed by atoms with Crippen LogP contribution in [0.5, 0.6) is 0 Å². The minimum Gasteiger partial charge on any atom is -0.339 e. The molecule has 0 unspecified atom stereocenters. The maximum Gasteiger partial charge on any atom is 0.254 e. The van der Waals surface area contributed by atoms with Gasteiger partial charge in [0.25, 0.3) is 5.91 Å². The predicted octanol–water partition coefficient (Wildman–Crippen LogP) is 7.03. The second kappa shape index (κ2) is 10.9. The third-order valence-electron chi connectivity index (χ3n) is 5.61. The number of hydrogen-bond acceptors (Lipinski definition) is 2. The normalized spacial score (nSPS) is 11.0. The Morgan fingerprint density at radius 1 is 0.867 bits per heavy atom. The fourth-order valence-corrected chi connectivity index (χ4v) is 3.90. The SMILES string of the molecule is CCCCCN(CCCCC)C(=O)c1cc(-c2cccc(C)c2)nc2ccccc12. The lowest BCUT2D eigenvalue weighted by atomic mass is 10.0. The number of nitrogens with zero attached hydrogens (tertiary/aromatic N) is 2. The predicted molar refractivity (Wildman–Crippen MR) is 127 cm³/mol. The Balaban J connectivity index is 2.01. The molecule has 3 nitrogen and oxygen atoms in total. The molecule has 1 heterocycles. The average molecular weight is 403 g/mol. The van der Waals surface area contributed by atoms with Crippen LogP contribution >= 0.6 is 0 Å². The molecule has 0 saturated carbocycles. The summed E-state index contributed by atoms with van der Waals surface area (Å²) in [5.74, 6) is 0.134. The van der Waals surface area contributed by atoms with Crippen LogP contribution in [0.3, 0.4) is 0 Å². The van der Waals surface area contributed by atoms with Crippen molar-refractivity contribution < 1.29 is 4.79 Å². The van der Waals surface area contributed by atoms with Crippen molar-refractivity contribution in [3.8, 4) is 11.3 Å². The minimum atomic E-state index is 0.134. The summed E-state index contributed by atoms with van der Waals surface area (Å²) >= 11 is 0. The molecule has 0 radical (unpaired) electrons. The van der Waals surface area contributed by atoms with E-state index in [4.69, 9.17) is 4.98 Å². The first-order chi connectivity index (χ1) is 14.6. The lowest BCUT2D eigenvalue weighted by Gasteiger charge is -2.24. The van der Waals surface area contributed by atoms with E-state index in [0.29, 0.717) is 0 Å². The molecule has 0 spiro atoms. The third-order valence-corrected chi connectivity index (χ3v) is 5.61. The van der Waals surface area contributed by atoms with E-state index in [1.165, 1.54) is 5.56 Å². The van der Waals surface area contributed by atoms with Crippen LogP contribution in [-0.4, -0.2) is 28.9 Å². The number of aromatic nitrogens is 1. The van der Waals surface area contributed by atoms with Gasteiger partial charge in [0.05, 0.1) is 16.8 Å². The van der Waals surface area contributed by atoms with Gasteiger partial charge in [-0.2, -0.15) is 0 Å². The second-order valence-electron chi connectivity index (χ2n) is 8.15. The summed E-state index contributed by atoms with van der Waals surface area (Å²) in [5.41, 5.74) is 4.75. The van der Waals surface area contributed by atoms with Gasteiger partial charge in [-0.3, -0.25) is 4.79 Å². The van der Waals surface area contributed by atoms with E-state index >= 15 is 0 Å². The Kier molecular flexibility index (Phi) is 8.01. The fraction of sp³-hybridized carbons (Fsp3) is 0.407. The number of fused-ring (bicyclic) bond motifs is 1. The van der Waals surface area contributed by atoms with Gasteiger partial charge in [0, 0.05) is 24.0 Å². The smallest absolute Gasteiger partial charge is 0.254 e. The molecule has 0 N–H and O–H groups in total. The van der Waals surface area contributed by atoms with Crippen molar-refractivity contribution in [3.05, 3.63) is 65.7 Å². The highest BCUT2D eigenvalue weighted by molar-refractivity contribution is 6.07. The van der Waals surface area contributed by atoms with Gasteiger partial charge < -0.3 is 4.90 Å². The number of amides is 1. The lowest BCUT2D eigenvalue weighted by molar-refractivity contribution is 0.0751. The molecular weight excluding hydrogens is 368 g/mol. The molecule has 30 heavy (non-hydrogen) atoms. The minimum absolute atomic E-state index is 0.134. The highest BCUT2D eigenvalue weighted by Gasteiger charge is 2.19. The molecule has 0 aliphatic carbocycles. The van der Waals surface area contributed by atoms with E-state index in [-0.39, 0.29) is 5.91 Å². The number of rotatable bonds is 10. The summed E-state index contributed by atoms with van der Waals surface area (Å²) < 4.78 is 0. The molecule has 0 aliphatic rings. The number of carbonyl (C=O) groups excluding carboxylic acids is 1. The summed E-state index contributed by atoms with van der Waals surface area (Å²) in [6.07, 6.45) is 6.75. The highest BCUT2D eigenvalue weighted by atomic mass is 16.2. The molecule has 0 aliphatic heterocycles. The number of pyridine rings is 1. The summed E-state index contributed by atoms with van der Waals surface area (Å²) in [6.45, 7) is 8.14. The van der Waals surface area contributed by atoms with E-state index in [1.54, 1.807) is 0 Å². The maximum absolute atomic E-state index is 13.7. The zero-order valence-corrected chi connectivity index (χ0v) is 18.7. The fourth-order valence-electron chi connectivity index (χ4n) is 3.90. The quantitative estimate of drug-likeness (QED) is 0.341. The van der Waals surface area contributed by atoms with Crippen LogP contribution in [0, 0.1) is 6.92 Å². The number of hydrogen-bond donors (Lipinski definition) is 0. The van der Waals surface area contributed by atoms with Gasteiger partial charge in [0.15, 0.2) is 0 Å². The lowest BCUT2D eigenvalue weighted by Crippen LogP contribution is -2.33. The maximum atomic E-state index is 13.7. The number of benzene rings is 2. The summed E-state index contributed by atoms with van der Waals surface area (Å²) in [7, 11) is 0. The molecule has 3 rings (SSSR count). The number of carbonyl (C=O) groups is 1. The monoisotopic (exact) mass is 402 g/mol. The van der Waals surface area contributed by atoms with E-state index in [1.807, 2.05) is 36.4 Å². The standard InChI is InChI=1S/C27H34N2O/c1-4-6-10-17-29(18-11-7-5-2)27(30)24-20-26(22-14-12-13-21(3)19-22)28-25-16-9-8-15-23(24)25/h8-9,12-16,19-20H,4-7,10-11,17-18H2,1-3H3. The van der Waals surface area contributed by atoms with E-state index in [2.05, 4.69) is 43.9 Å². The zero-order chi connectivity index (χ0) is 21.3. The molecule has 0 atom stereocenters. The van der Waals surface area contributed by atoms with Crippen LogP contribution in [0.15, 0.2) is 54.6 Å². The van der Waals surface area contributed by atoms with Gasteiger partial charge in [-0.05, 0) is 38.0 Å². The highest BCUT2D eigenvalue weighted by Crippen LogP contribution is 2.26. The van der Waals surface area contributed by atoms with Crippen LogP contribution in [0.2, 0.25) is 0 Å². The Hall–Kier alpha value is -2.68. The van der Waals surface area contributed by atoms with Gasteiger partial charge in [-0.25, -0.2) is 4.98 Å². The summed E-state index contributed by atoms with van der Waals surface area (Å²) in [4.78, 5) is 20.6. The van der Waals surface area contributed by atoms with Crippen molar-refractivity contribution in [2.45, 2.75) is 59.3 Å². The van der Waals surface area contributed by atoms with Gasteiger partial charge in [0.1, 0.15) is 0 Å². The Bertz CT molecular complexity index is 970. The van der Waals surface area contributed by atoms with Crippen LogP contribution < -0.4 is 0 Å². The van der Waals surface area contributed by atoms with Crippen molar-refractivity contribution in [2.75, 3.05) is 13.1 Å². The number of unbranched alkanes of at least 4 members (excludes halogenated alkanes) is 4.